The lowest BCUT2D eigenvalue weighted by atomic mass is 10.1. The van der Waals surface area contributed by atoms with Crippen molar-refractivity contribution in [3.63, 3.8) is 0 Å². The van der Waals surface area contributed by atoms with Crippen LogP contribution in [-0.2, 0) is 12.7 Å². The van der Waals surface area contributed by atoms with E-state index < -0.39 is 29.8 Å². The molecule has 4 rings (SSSR count). The molecule has 154 valence electrons. The van der Waals surface area contributed by atoms with Gasteiger partial charge in [0.1, 0.15) is 11.3 Å². The minimum absolute atomic E-state index is 0.148. The number of imidazole rings is 1. The topological polar surface area (TPSA) is 87.6 Å². The number of H-pyrrole nitrogens is 1. The lowest BCUT2D eigenvalue weighted by Crippen LogP contribution is -2.21. The minimum atomic E-state index is -4.67. The van der Waals surface area contributed by atoms with E-state index in [0.29, 0.717) is 18.5 Å². The number of hydrogen-bond donors (Lipinski definition) is 3. The van der Waals surface area contributed by atoms with Crippen LogP contribution in [0.2, 0.25) is 0 Å². The van der Waals surface area contributed by atoms with E-state index in [4.69, 9.17) is 0 Å². The molecule has 29 heavy (non-hydrogen) atoms. The zero-order chi connectivity index (χ0) is 20.6. The Morgan fingerprint density at radius 3 is 2.86 bits per heavy atom. The molecule has 1 unspecified atom stereocenters. The first kappa shape index (κ1) is 19.4. The van der Waals surface area contributed by atoms with Gasteiger partial charge in [-0.3, -0.25) is 4.57 Å². The summed E-state index contributed by atoms with van der Waals surface area (Å²) >= 11 is 0. The zero-order valence-electron chi connectivity index (χ0n) is 15.2. The fourth-order valence-corrected chi connectivity index (χ4v) is 3.44. The van der Waals surface area contributed by atoms with E-state index in [0.717, 1.165) is 36.2 Å². The van der Waals surface area contributed by atoms with Gasteiger partial charge in [-0.1, -0.05) is 0 Å². The number of anilines is 1. The second kappa shape index (κ2) is 7.47. The largest absolute Gasteiger partial charge is 0.416 e. The molecule has 3 aromatic rings. The van der Waals surface area contributed by atoms with Crippen LogP contribution >= 0.6 is 0 Å². The van der Waals surface area contributed by atoms with Gasteiger partial charge in [0.05, 0.1) is 18.3 Å². The molecule has 0 amide bonds. The van der Waals surface area contributed by atoms with Gasteiger partial charge in [0.2, 0.25) is 5.95 Å². The van der Waals surface area contributed by atoms with Gasteiger partial charge in [-0.25, -0.2) is 14.2 Å². The summed E-state index contributed by atoms with van der Waals surface area (Å²) in [6, 6.07) is 2.19. The maximum Gasteiger partial charge on any atom is 0.416 e. The van der Waals surface area contributed by atoms with Crippen molar-refractivity contribution in [2.24, 2.45) is 5.92 Å². The SMILES string of the molecule is O=c1[nH]c2cnc(NCC3CCNC3)nc2n1Cc1cc(F)ccc1C(F)(F)F. The Hall–Kier alpha value is -2.95. The summed E-state index contributed by atoms with van der Waals surface area (Å²) in [6.07, 6.45) is -2.26. The van der Waals surface area contributed by atoms with Crippen LogP contribution in [0.15, 0.2) is 29.2 Å². The van der Waals surface area contributed by atoms with Crippen molar-refractivity contribution in [3.8, 4) is 0 Å². The number of rotatable bonds is 5. The maximum absolute atomic E-state index is 13.6. The summed E-state index contributed by atoms with van der Waals surface area (Å²) < 4.78 is 54.5. The van der Waals surface area contributed by atoms with Gasteiger partial charge in [0.15, 0.2) is 5.65 Å². The standard InChI is InChI=1S/C18H18F4N6O/c19-12-1-2-13(18(20,21)22)11(5-12)9-28-15-14(26-17(28)29)8-25-16(27-15)24-7-10-3-4-23-6-10/h1-2,5,8,10,23H,3-4,6-7,9H2,(H,26,29)(H,24,25,27). The summed E-state index contributed by atoms with van der Waals surface area (Å²) in [6.45, 7) is 1.98. The molecule has 0 saturated carbocycles. The Labute approximate surface area is 162 Å². The Morgan fingerprint density at radius 2 is 2.14 bits per heavy atom. The molecule has 1 fully saturated rings. The number of aromatic nitrogens is 4. The van der Waals surface area contributed by atoms with Crippen LogP contribution in [0.1, 0.15) is 17.5 Å². The highest BCUT2D eigenvalue weighted by molar-refractivity contribution is 5.71. The van der Waals surface area contributed by atoms with Crippen LogP contribution in [0, 0.1) is 11.7 Å². The second-order valence-corrected chi connectivity index (χ2v) is 6.99. The molecule has 1 aliphatic rings. The molecule has 1 aliphatic heterocycles. The fraction of sp³-hybridized carbons (Fsp3) is 0.389. The summed E-state index contributed by atoms with van der Waals surface area (Å²) in [5.74, 6) is -0.125. The second-order valence-electron chi connectivity index (χ2n) is 6.99. The number of hydrogen-bond acceptors (Lipinski definition) is 5. The molecule has 0 spiro atoms. The Balaban J connectivity index is 1.67. The molecular weight excluding hydrogens is 392 g/mol. The molecule has 11 heteroatoms. The average Bonchev–Trinajstić information content (AvgIpc) is 3.27. The zero-order valence-corrected chi connectivity index (χ0v) is 15.2. The van der Waals surface area contributed by atoms with E-state index in [-0.39, 0.29) is 22.7 Å². The van der Waals surface area contributed by atoms with Crippen molar-refractivity contribution < 1.29 is 17.6 Å². The first-order chi connectivity index (χ1) is 13.8. The van der Waals surface area contributed by atoms with Crippen molar-refractivity contribution in [1.82, 2.24) is 24.8 Å². The van der Waals surface area contributed by atoms with Gasteiger partial charge in [-0.05, 0) is 49.2 Å². The molecular formula is C18H18F4N6O. The molecule has 7 nitrogen and oxygen atoms in total. The Kier molecular flexibility index (Phi) is 4.99. The lowest BCUT2D eigenvalue weighted by Gasteiger charge is -2.13. The van der Waals surface area contributed by atoms with Crippen molar-refractivity contribution >= 4 is 17.1 Å². The van der Waals surface area contributed by atoms with Crippen LogP contribution in [0.4, 0.5) is 23.5 Å². The lowest BCUT2D eigenvalue weighted by molar-refractivity contribution is -0.138. The van der Waals surface area contributed by atoms with Crippen molar-refractivity contribution in [2.45, 2.75) is 19.1 Å². The van der Waals surface area contributed by atoms with E-state index in [1.807, 2.05) is 0 Å². The number of aromatic amines is 1. The van der Waals surface area contributed by atoms with Crippen molar-refractivity contribution in [2.75, 3.05) is 25.0 Å². The van der Waals surface area contributed by atoms with Crippen molar-refractivity contribution in [1.29, 1.82) is 0 Å². The number of nitrogens with zero attached hydrogens (tertiary/aromatic N) is 3. The minimum Gasteiger partial charge on any atom is -0.354 e. The molecule has 1 aromatic carbocycles. The normalized spacial score (nSPS) is 17.2. The maximum atomic E-state index is 13.6. The molecule has 0 aliphatic carbocycles. The first-order valence-electron chi connectivity index (χ1n) is 9.07. The van der Waals surface area contributed by atoms with Crippen molar-refractivity contribution in [3.05, 3.63) is 51.8 Å². The molecule has 2 aromatic heterocycles. The van der Waals surface area contributed by atoms with Gasteiger partial charge < -0.3 is 15.6 Å². The Morgan fingerprint density at radius 1 is 1.31 bits per heavy atom. The third-order valence-electron chi connectivity index (χ3n) is 4.92. The van der Waals surface area contributed by atoms with Gasteiger partial charge in [0, 0.05) is 6.54 Å². The summed E-state index contributed by atoms with van der Waals surface area (Å²) in [5, 5.41) is 6.34. The van der Waals surface area contributed by atoms with Crippen LogP contribution in [0.3, 0.4) is 0 Å². The fourth-order valence-electron chi connectivity index (χ4n) is 3.44. The molecule has 3 N–H and O–H groups in total. The molecule has 1 saturated heterocycles. The van der Waals surface area contributed by atoms with Crippen LogP contribution in [0.25, 0.3) is 11.2 Å². The van der Waals surface area contributed by atoms with E-state index in [1.54, 1.807) is 0 Å². The van der Waals surface area contributed by atoms with Crippen LogP contribution in [0.5, 0.6) is 0 Å². The van der Waals surface area contributed by atoms with Gasteiger partial charge >= 0.3 is 11.9 Å². The monoisotopic (exact) mass is 410 g/mol. The predicted octanol–water partition coefficient (Wildman–Crippen LogP) is 2.35. The smallest absolute Gasteiger partial charge is 0.354 e. The van der Waals surface area contributed by atoms with E-state index >= 15 is 0 Å². The van der Waals surface area contributed by atoms with E-state index in [1.165, 1.54) is 6.20 Å². The quantitative estimate of drug-likeness (QED) is 0.562. The summed E-state index contributed by atoms with van der Waals surface area (Å²) in [4.78, 5) is 23.2. The molecule has 1 atom stereocenters. The van der Waals surface area contributed by atoms with E-state index in [2.05, 4.69) is 25.6 Å². The van der Waals surface area contributed by atoms with Gasteiger partial charge in [-0.15, -0.1) is 0 Å². The average molecular weight is 410 g/mol. The summed E-state index contributed by atoms with van der Waals surface area (Å²) in [5.41, 5.74) is -1.57. The third kappa shape index (κ3) is 4.09. The predicted molar refractivity (Wildman–Crippen MR) is 98.1 cm³/mol. The van der Waals surface area contributed by atoms with Gasteiger partial charge in [-0.2, -0.15) is 18.2 Å². The molecule has 0 bridgehead atoms. The number of benzene rings is 1. The molecule has 0 radical (unpaired) electrons. The first-order valence-corrected chi connectivity index (χ1v) is 9.07. The highest BCUT2D eigenvalue weighted by Gasteiger charge is 2.33. The highest BCUT2D eigenvalue weighted by atomic mass is 19.4. The third-order valence-corrected chi connectivity index (χ3v) is 4.92. The number of halogens is 4. The van der Waals surface area contributed by atoms with Crippen LogP contribution in [-0.4, -0.2) is 39.2 Å². The Bertz CT molecular complexity index is 1080. The highest BCUT2D eigenvalue weighted by Crippen LogP contribution is 2.32. The summed E-state index contributed by atoms with van der Waals surface area (Å²) in [7, 11) is 0. The van der Waals surface area contributed by atoms with Gasteiger partial charge in [0.25, 0.3) is 0 Å². The number of nitrogens with one attached hydrogen (secondary N) is 3. The number of fused-ring (bicyclic) bond motifs is 1. The van der Waals surface area contributed by atoms with Crippen LogP contribution < -0.4 is 16.3 Å². The van der Waals surface area contributed by atoms with E-state index in [9.17, 15) is 22.4 Å². The molecule has 3 heterocycles. The number of alkyl halides is 3.